The molecule has 1 aromatic carbocycles. The van der Waals surface area contributed by atoms with Gasteiger partial charge in [-0.2, -0.15) is 0 Å². The Morgan fingerprint density at radius 1 is 1.33 bits per heavy atom. The molecule has 0 heterocycles. The maximum absolute atomic E-state index is 9.11. The third kappa shape index (κ3) is 2.80. The highest BCUT2D eigenvalue weighted by Gasteiger charge is 2.11. The van der Waals surface area contributed by atoms with E-state index in [1.54, 1.807) is 0 Å². The molecule has 2 heteroatoms. The SMILES string of the molecule is CCc1ccc(C(C)C)cc1C(N)CO. The molecule has 0 saturated heterocycles. The molecule has 15 heavy (non-hydrogen) atoms. The Morgan fingerprint density at radius 3 is 2.47 bits per heavy atom. The molecule has 0 aliphatic carbocycles. The summed E-state index contributed by atoms with van der Waals surface area (Å²) in [7, 11) is 0. The number of rotatable bonds is 4. The van der Waals surface area contributed by atoms with Crippen molar-refractivity contribution in [3.05, 3.63) is 34.9 Å². The van der Waals surface area contributed by atoms with E-state index < -0.39 is 0 Å². The molecular formula is C13H21NO. The average Bonchev–Trinajstić information content (AvgIpc) is 2.27. The molecule has 0 spiro atoms. The fourth-order valence-corrected chi connectivity index (χ4v) is 1.74. The Bertz CT molecular complexity index is 320. The summed E-state index contributed by atoms with van der Waals surface area (Å²) in [4.78, 5) is 0. The number of hydrogen-bond acceptors (Lipinski definition) is 2. The maximum Gasteiger partial charge on any atom is 0.0624 e. The molecule has 1 rings (SSSR count). The zero-order chi connectivity index (χ0) is 11.4. The van der Waals surface area contributed by atoms with Gasteiger partial charge in [0.05, 0.1) is 12.6 Å². The van der Waals surface area contributed by atoms with Crippen LogP contribution in [0.2, 0.25) is 0 Å². The normalized spacial score (nSPS) is 13.2. The van der Waals surface area contributed by atoms with Crippen LogP contribution in [-0.4, -0.2) is 11.7 Å². The third-order valence-electron chi connectivity index (χ3n) is 2.81. The van der Waals surface area contributed by atoms with Crippen molar-refractivity contribution in [2.75, 3.05) is 6.61 Å². The smallest absolute Gasteiger partial charge is 0.0624 e. The molecule has 0 amide bonds. The van der Waals surface area contributed by atoms with Gasteiger partial charge in [0.15, 0.2) is 0 Å². The number of nitrogens with two attached hydrogens (primary N) is 1. The second kappa shape index (κ2) is 5.29. The summed E-state index contributed by atoms with van der Waals surface area (Å²) in [6.07, 6.45) is 0.960. The summed E-state index contributed by atoms with van der Waals surface area (Å²) >= 11 is 0. The maximum atomic E-state index is 9.11. The Hall–Kier alpha value is -0.860. The number of aryl methyl sites for hydroxylation is 1. The molecule has 1 aromatic rings. The minimum atomic E-state index is -0.251. The molecule has 2 nitrogen and oxygen atoms in total. The van der Waals surface area contributed by atoms with Crippen LogP contribution in [0.15, 0.2) is 18.2 Å². The Kier molecular flexibility index (Phi) is 4.30. The second-order valence-corrected chi connectivity index (χ2v) is 4.26. The van der Waals surface area contributed by atoms with Gasteiger partial charge in [-0.25, -0.2) is 0 Å². The summed E-state index contributed by atoms with van der Waals surface area (Å²) < 4.78 is 0. The van der Waals surface area contributed by atoms with E-state index in [0.717, 1.165) is 12.0 Å². The van der Waals surface area contributed by atoms with Crippen LogP contribution in [-0.2, 0) is 6.42 Å². The van der Waals surface area contributed by atoms with Crippen LogP contribution < -0.4 is 5.73 Å². The highest BCUT2D eigenvalue weighted by Crippen LogP contribution is 2.23. The number of hydrogen-bond donors (Lipinski definition) is 2. The van der Waals surface area contributed by atoms with Gasteiger partial charge in [0.2, 0.25) is 0 Å². The van der Waals surface area contributed by atoms with E-state index in [4.69, 9.17) is 10.8 Å². The van der Waals surface area contributed by atoms with Crippen molar-refractivity contribution in [1.29, 1.82) is 0 Å². The highest BCUT2D eigenvalue weighted by atomic mass is 16.3. The molecule has 1 unspecified atom stereocenters. The summed E-state index contributed by atoms with van der Waals surface area (Å²) in [6.45, 7) is 6.44. The third-order valence-corrected chi connectivity index (χ3v) is 2.81. The van der Waals surface area contributed by atoms with Gasteiger partial charge in [-0.05, 0) is 29.0 Å². The first-order chi connectivity index (χ1) is 7.10. The van der Waals surface area contributed by atoms with Crippen LogP contribution in [0.5, 0.6) is 0 Å². The molecule has 84 valence electrons. The fourth-order valence-electron chi connectivity index (χ4n) is 1.74. The molecule has 0 saturated carbocycles. The lowest BCUT2D eigenvalue weighted by atomic mass is 9.93. The van der Waals surface area contributed by atoms with Gasteiger partial charge in [-0.1, -0.05) is 39.0 Å². The van der Waals surface area contributed by atoms with Gasteiger partial charge < -0.3 is 10.8 Å². The lowest BCUT2D eigenvalue weighted by Crippen LogP contribution is -2.16. The van der Waals surface area contributed by atoms with E-state index in [2.05, 4.69) is 39.0 Å². The van der Waals surface area contributed by atoms with Crippen LogP contribution in [0.4, 0.5) is 0 Å². The zero-order valence-electron chi connectivity index (χ0n) is 9.83. The minimum Gasteiger partial charge on any atom is -0.394 e. The Balaban J connectivity index is 3.13. The number of benzene rings is 1. The van der Waals surface area contributed by atoms with E-state index in [9.17, 15) is 0 Å². The van der Waals surface area contributed by atoms with Crippen LogP contribution in [0.1, 0.15) is 49.4 Å². The van der Waals surface area contributed by atoms with Gasteiger partial charge in [0, 0.05) is 0 Å². The molecule has 0 radical (unpaired) electrons. The molecule has 1 atom stereocenters. The first-order valence-corrected chi connectivity index (χ1v) is 5.59. The predicted molar refractivity (Wildman–Crippen MR) is 63.9 cm³/mol. The Labute approximate surface area is 92.1 Å². The number of aliphatic hydroxyl groups excluding tert-OH is 1. The standard InChI is InChI=1S/C13H21NO/c1-4-10-5-6-11(9(2)3)7-12(10)13(14)8-15/h5-7,9,13,15H,4,8,14H2,1-3H3. The van der Waals surface area contributed by atoms with E-state index in [1.807, 2.05) is 0 Å². The van der Waals surface area contributed by atoms with Crippen molar-refractivity contribution in [1.82, 2.24) is 0 Å². The highest BCUT2D eigenvalue weighted by molar-refractivity contribution is 5.35. The molecule has 3 N–H and O–H groups in total. The topological polar surface area (TPSA) is 46.2 Å². The van der Waals surface area contributed by atoms with Crippen LogP contribution >= 0.6 is 0 Å². The first-order valence-electron chi connectivity index (χ1n) is 5.59. The average molecular weight is 207 g/mol. The quantitative estimate of drug-likeness (QED) is 0.796. The molecule has 0 fully saturated rings. The summed E-state index contributed by atoms with van der Waals surface area (Å²) in [5.74, 6) is 0.501. The van der Waals surface area contributed by atoms with E-state index in [1.165, 1.54) is 11.1 Å². The van der Waals surface area contributed by atoms with Crippen molar-refractivity contribution >= 4 is 0 Å². The lowest BCUT2D eigenvalue weighted by molar-refractivity contribution is 0.267. The van der Waals surface area contributed by atoms with Crippen LogP contribution in [0.25, 0.3) is 0 Å². The minimum absolute atomic E-state index is 0.00848. The van der Waals surface area contributed by atoms with E-state index >= 15 is 0 Å². The van der Waals surface area contributed by atoms with Crippen molar-refractivity contribution in [3.63, 3.8) is 0 Å². The van der Waals surface area contributed by atoms with Gasteiger partial charge in [-0.15, -0.1) is 0 Å². The van der Waals surface area contributed by atoms with E-state index in [-0.39, 0.29) is 12.6 Å². The predicted octanol–water partition coefficient (Wildman–Crippen LogP) is 2.36. The monoisotopic (exact) mass is 207 g/mol. The molecular weight excluding hydrogens is 186 g/mol. The largest absolute Gasteiger partial charge is 0.394 e. The first kappa shape index (κ1) is 12.2. The van der Waals surface area contributed by atoms with Crippen LogP contribution in [0.3, 0.4) is 0 Å². The zero-order valence-corrected chi connectivity index (χ0v) is 9.83. The van der Waals surface area contributed by atoms with Gasteiger partial charge in [-0.3, -0.25) is 0 Å². The number of aliphatic hydroxyl groups is 1. The summed E-state index contributed by atoms with van der Waals surface area (Å²) in [6, 6.07) is 6.15. The van der Waals surface area contributed by atoms with Crippen molar-refractivity contribution in [2.24, 2.45) is 5.73 Å². The Morgan fingerprint density at radius 2 is 2.00 bits per heavy atom. The van der Waals surface area contributed by atoms with Crippen LogP contribution in [0, 0.1) is 0 Å². The van der Waals surface area contributed by atoms with Gasteiger partial charge in [0.25, 0.3) is 0 Å². The van der Waals surface area contributed by atoms with Gasteiger partial charge >= 0.3 is 0 Å². The summed E-state index contributed by atoms with van der Waals surface area (Å²) in [5, 5.41) is 9.11. The lowest BCUT2D eigenvalue weighted by Gasteiger charge is -2.16. The second-order valence-electron chi connectivity index (χ2n) is 4.26. The van der Waals surface area contributed by atoms with Crippen molar-refractivity contribution in [2.45, 2.75) is 39.2 Å². The molecule has 0 aromatic heterocycles. The summed E-state index contributed by atoms with van der Waals surface area (Å²) in [5.41, 5.74) is 9.50. The molecule has 0 aliphatic heterocycles. The molecule has 0 bridgehead atoms. The van der Waals surface area contributed by atoms with E-state index in [0.29, 0.717) is 5.92 Å². The van der Waals surface area contributed by atoms with Crippen molar-refractivity contribution in [3.8, 4) is 0 Å². The fraction of sp³-hybridized carbons (Fsp3) is 0.538. The molecule has 0 aliphatic rings. The van der Waals surface area contributed by atoms with Crippen molar-refractivity contribution < 1.29 is 5.11 Å². The van der Waals surface area contributed by atoms with Gasteiger partial charge in [0.1, 0.15) is 0 Å².